The second-order valence-corrected chi connectivity index (χ2v) is 6.13. The quantitative estimate of drug-likeness (QED) is 0.255. The van der Waals surface area contributed by atoms with E-state index in [9.17, 15) is 4.79 Å². The Morgan fingerprint density at radius 3 is 2.14 bits per heavy atom. The van der Waals surface area contributed by atoms with Crippen LogP contribution in [0.5, 0.6) is 17.2 Å². The van der Waals surface area contributed by atoms with Crippen LogP contribution in [0.2, 0.25) is 0 Å². The van der Waals surface area contributed by atoms with Gasteiger partial charge in [-0.05, 0) is 38.5 Å². The number of methoxy groups -OCH3 is 3. The monoisotopic (exact) mass is 508 g/mol. The number of hydrogen-bond donors (Lipinski definition) is 3. The van der Waals surface area contributed by atoms with E-state index in [1.165, 1.54) is 0 Å². The minimum atomic E-state index is 0. The number of guanidine groups is 1. The van der Waals surface area contributed by atoms with E-state index < -0.39 is 0 Å². The van der Waals surface area contributed by atoms with Crippen molar-refractivity contribution >= 4 is 35.8 Å². The summed E-state index contributed by atoms with van der Waals surface area (Å²) in [4.78, 5) is 16.3. The first-order valence-electron chi connectivity index (χ1n) is 9.05. The van der Waals surface area contributed by atoms with Crippen molar-refractivity contribution in [2.24, 2.45) is 4.99 Å². The van der Waals surface area contributed by atoms with Crippen LogP contribution in [-0.4, -0.2) is 52.3 Å². The molecule has 0 fully saturated rings. The Kier molecular flexibility index (Phi) is 13.2. The zero-order chi connectivity index (χ0) is 20.2. The normalized spacial score (nSPS) is 10.8. The molecule has 0 heterocycles. The maximum Gasteiger partial charge on any atom is 0.221 e. The molecule has 8 nitrogen and oxygen atoms in total. The molecule has 0 bridgehead atoms. The molecule has 0 radical (unpaired) electrons. The van der Waals surface area contributed by atoms with Crippen molar-refractivity contribution in [3.05, 3.63) is 17.7 Å². The molecule has 0 spiro atoms. The van der Waals surface area contributed by atoms with E-state index in [2.05, 4.69) is 20.9 Å². The van der Waals surface area contributed by atoms with Crippen LogP contribution in [0.3, 0.4) is 0 Å². The second-order valence-electron chi connectivity index (χ2n) is 6.13. The van der Waals surface area contributed by atoms with Crippen molar-refractivity contribution in [3.63, 3.8) is 0 Å². The van der Waals surface area contributed by atoms with Gasteiger partial charge in [-0.2, -0.15) is 0 Å². The summed E-state index contributed by atoms with van der Waals surface area (Å²) < 4.78 is 16.1. The summed E-state index contributed by atoms with van der Waals surface area (Å²) in [6, 6.07) is 3.87. The third kappa shape index (κ3) is 8.85. The number of nitrogens with one attached hydrogen (secondary N) is 3. The number of benzene rings is 1. The average Bonchev–Trinajstić information content (AvgIpc) is 2.64. The summed E-state index contributed by atoms with van der Waals surface area (Å²) in [5, 5.41) is 9.20. The molecule has 1 aromatic rings. The number of ether oxygens (including phenoxy) is 3. The molecular weight excluding hydrogens is 475 g/mol. The lowest BCUT2D eigenvalue weighted by atomic mass is 10.2. The molecule has 0 atom stereocenters. The first-order chi connectivity index (χ1) is 12.9. The van der Waals surface area contributed by atoms with Crippen molar-refractivity contribution in [3.8, 4) is 17.2 Å². The van der Waals surface area contributed by atoms with Crippen LogP contribution in [0, 0.1) is 0 Å². The number of nitrogens with zero attached hydrogens (tertiary/aromatic N) is 1. The van der Waals surface area contributed by atoms with E-state index in [-0.39, 0.29) is 35.9 Å². The molecule has 160 valence electrons. The number of aliphatic imine (C=N–C) groups is 1. The lowest BCUT2D eigenvalue weighted by molar-refractivity contribution is -0.121. The van der Waals surface area contributed by atoms with E-state index in [0.717, 1.165) is 12.1 Å². The predicted molar refractivity (Wildman–Crippen MR) is 122 cm³/mol. The van der Waals surface area contributed by atoms with E-state index in [4.69, 9.17) is 14.2 Å². The molecule has 1 amide bonds. The lowest BCUT2D eigenvalue weighted by Crippen LogP contribution is -2.40. The van der Waals surface area contributed by atoms with Gasteiger partial charge in [-0.3, -0.25) is 4.79 Å². The summed E-state index contributed by atoms with van der Waals surface area (Å²) in [6.45, 7) is 7.51. The molecule has 0 aromatic heterocycles. The molecular formula is C19H33IN4O4. The van der Waals surface area contributed by atoms with E-state index in [1.807, 2.05) is 32.9 Å². The minimum absolute atomic E-state index is 0. The molecule has 0 aliphatic rings. The molecule has 3 N–H and O–H groups in total. The largest absolute Gasteiger partial charge is 0.493 e. The van der Waals surface area contributed by atoms with Crippen LogP contribution in [0.15, 0.2) is 17.1 Å². The Bertz CT molecular complexity index is 613. The van der Waals surface area contributed by atoms with Gasteiger partial charge in [-0.15, -0.1) is 24.0 Å². The number of carbonyl (C=O) groups excluding carboxylic acids is 1. The van der Waals surface area contributed by atoms with Crippen LogP contribution in [0.25, 0.3) is 0 Å². The van der Waals surface area contributed by atoms with Gasteiger partial charge in [0.2, 0.25) is 11.7 Å². The van der Waals surface area contributed by atoms with Crippen molar-refractivity contribution < 1.29 is 19.0 Å². The second kappa shape index (κ2) is 14.1. The predicted octanol–water partition coefficient (Wildman–Crippen LogP) is 2.30. The highest BCUT2D eigenvalue weighted by atomic mass is 127. The maximum atomic E-state index is 11.7. The minimum Gasteiger partial charge on any atom is -0.493 e. The van der Waals surface area contributed by atoms with E-state index in [0.29, 0.717) is 42.7 Å². The summed E-state index contributed by atoms with van der Waals surface area (Å²) in [5.41, 5.74) is 0.916. The van der Waals surface area contributed by atoms with Crippen LogP contribution in [0.1, 0.15) is 32.8 Å². The van der Waals surface area contributed by atoms with Gasteiger partial charge in [-0.1, -0.05) is 0 Å². The zero-order valence-electron chi connectivity index (χ0n) is 17.5. The topological polar surface area (TPSA) is 93.2 Å². The first kappa shape index (κ1) is 26.1. The molecule has 1 aromatic carbocycles. The molecule has 0 saturated heterocycles. The fraction of sp³-hybridized carbons (Fsp3) is 0.579. The zero-order valence-corrected chi connectivity index (χ0v) is 19.9. The molecule has 0 aliphatic carbocycles. The van der Waals surface area contributed by atoms with Gasteiger partial charge >= 0.3 is 0 Å². The summed E-state index contributed by atoms with van der Waals surface area (Å²) in [7, 11) is 4.73. The van der Waals surface area contributed by atoms with Gasteiger partial charge in [0.1, 0.15) is 0 Å². The number of carbonyl (C=O) groups is 1. The lowest BCUT2D eigenvalue weighted by Gasteiger charge is -2.14. The molecule has 0 aliphatic heterocycles. The fourth-order valence-electron chi connectivity index (χ4n) is 2.43. The molecule has 0 saturated carbocycles. The van der Waals surface area contributed by atoms with E-state index >= 15 is 0 Å². The molecule has 0 unspecified atom stereocenters. The average molecular weight is 508 g/mol. The number of amides is 1. The van der Waals surface area contributed by atoms with Crippen LogP contribution in [0.4, 0.5) is 0 Å². The Labute approximate surface area is 184 Å². The van der Waals surface area contributed by atoms with Crippen LogP contribution in [-0.2, 0) is 11.3 Å². The summed E-state index contributed by atoms with van der Waals surface area (Å²) in [5.74, 6) is 2.38. The van der Waals surface area contributed by atoms with Crippen molar-refractivity contribution in [2.75, 3.05) is 34.4 Å². The standard InChI is InChI=1S/C19H32N4O4.HI/c1-7-20-19(21-9-8-17(24)23-13(2)3)22-12-14-10-15(25-4)18(27-6)16(11-14)26-5;/h10-11,13H,7-9,12H2,1-6H3,(H,23,24)(H2,20,21,22);1H. The Hall–Kier alpha value is -1.91. The maximum absolute atomic E-state index is 11.7. The highest BCUT2D eigenvalue weighted by Gasteiger charge is 2.13. The van der Waals surface area contributed by atoms with Gasteiger partial charge in [0.05, 0.1) is 27.9 Å². The van der Waals surface area contributed by atoms with Crippen LogP contribution >= 0.6 is 24.0 Å². The summed E-state index contributed by atoms with van der Waals surface area (Å²) in [6.07, 6.45) is 0.382. The van der Waals surface area contributed by atoms with Crippen LogP contribution < -0.4 is 30.2 Å². The third-order valence-electron chi connectivity index (χ3n) is 3.58. The summed E-state index contributed by atoms with van der Waals surface area (Å²) >= 11 is 0. The number of hydrogen-bond acceptors (Lipinski definition) is 5. The van der Waals surface area contributed by atoms with Gasteiger partial charge < -0.3 is 30.2 Å². The number of halogens is 1. The number of rotatable bonds is 10. The Morgan fingerprint density at radius 2 is 1.68 bits per heavy atom. The van der Waals surface area contributed by atoms with Gasteiger partial charge in [-0.25, -0.2) is 4.99 Å². The highest BCUT2D eigenvalue weighted by Crippen LogP contribution is 2.38. The Morgan fingerprint density at radius 1 is 1.07 bits per heavy atom. The van der Waals surface area contributed by atoms with Gasteiger partial charge in [0.25, 0.3) is 0 Å². The van der Waals surface area contributed by atoms with Crippen molar-refractivity contribution in [1.82, 2.24) is 16.0 Å². The highest BCUT2D eigenvalue weighted by molar-refractivity contribution is 14.0. The fourth-order valence-corrected chi connectivity index (χ4v) is 2.43. The SMILES string of the molecule is CCNC(=NCc1cc(OC)c(OC)c(OC)c1)NCCC(=O)NC(C)C.I. The molecule has 9 heteroatoms. The van der Waals surface area contributed by atoms with E-state index in [1.54, 1.807) is 21.3 Å². The molecule has 1 rings (SSSR count). The Balaban J connectivity index is 0.00000729. The third-order valence-corrected chi connectivity index (χ3v) is 3.58. The van der Waals surface area contributed by atoms with Crippen molar-refractivity contribution in [1.29, 1.82) is 0 Å². The molecule has 28 heavy (non-hydrogen) atoms. The smallest absolute Gasteiger partial charge is 0.221 e. The van der Waals surface area contributed by atoms with Crippen molar-refractivity contribution in [2.45, 2.75) is 39.8 Å². The first-order valence-corrected chi connectivity index (χ1v) is 9.05. The van der Waals surface area contributed by atoms with Gasteiger partial charge in [0, 0.05) is 25.6 Å². The van der Waals surface area contributed by atoms with Gasteiger partial charge in [0.15, 0.2) is 17.5 Å².